The molecular formula is C22H25NO7S. The van der Waals surface area contributed by atoms with Crippen molar-refractivity contribution >= 4 is 22.7 Å². The van der Waals surface area contributed by atoms with Crippen LogP contribution in [0, 0.1) is 0 Å². The van der Waals surface area contributed by atoms with E-state index in [1.165, 1.54) is 11.8 Å². The summed E-state index contributed by atoms with van der Waals surface area (Å²) in [5.74, 6) is 1.32. The van der Waals surface area contributed by atoms with E-state index in [1.807, 2.05) is 42.6 Å². The number of aliphatic hydroxyl groups excluding tert-OH is 4. The van der Waals surface area contributed by atoms with Gasteiger partial charge in [0.15, 0.2) is 6.23 Å². The highest BCUT2D eigenvalue weighted by molar-refractivity contribution is 7.99. The first-order valence-corrected chi connectivity index (χ1v) is 10.6. The van der Waals surface area contributed by atoms with Crippen LogP contribution in [0.1, 0.15) is 6.23 Å². The Morgan fingerprint density at radius 1 is 0.968 bits per heavy atom. The fourth-order valence-electron chi connectivity index (χ4n) is 3.78. The van der Waals surface area contributed by atoms with Gasteiger partial charge in [0.2, 0.25) is 0 Å². The molecule has 1 saturated heterocycles. The van der Waals surface area contributed by atoms with Crippen molar-refractivity contribution < 1.29 is 34.6 Å². The summed E-state index contributed by atoms with van der Waals surface area (Å²) in [6, 6.07) is 13.2. The van der Waals surface area contributed by atoms with Crippen LogP contribution >= 0.6 is 11.8 Å². The first kappa shape index (κ1) is 21.9. The molecule has 1 aliphatic heterocycles. The highest BCUT2D eigenvalue weighted by Crippen LogP contribution is 2.42. The van der Waals surface area contributed by atoms with Crippen molar-refractivity contribution in [3.05, 3.63) is 48.7 Å². The molecule has 1 fully saturated rings. The third-order valence-corrected chi connectivity index (χ3v) is 6.48. The number of methoxy groups -OCH3 is 2. The van der Waals surface area contributed by atoms with Gasteiger partial charge in [-0.1, -0.05) is 23.9 Å². The fraction of sp³-hybridized carbons (Fsp3) is 0.364. The molecule has 2 heterocycles. The highest BCUT2D eigenvalue weighted by Gasteiger charge is 2.44. The lowest BCUT2D eigenvalue weighted by Gasteiger charge is -2.40. The van der Waals surface area contributed by atoms with Gasteiger partial charge >= 0.3 is 0 Å². The number of hydrogen-bond donors (Lipinski definition) is 4. The van der Waals surface area contributed by atoms with Gasteiger partial charge in [0.05, 0.1) is 26.3 Å². The average Bonchev–Trinajstić information content (AvgIpc) is 3.16. The van der Waals surface area contributed by atoms with Crippen molar-refractivity contribution in [3.63, 3.8) is 0 Å². The average molecular weight is 448 g/mol. The normalized spacial score (nSPS) is 26.2. The Morgan fingerprint density at radius 3 is 2.35 bits per heavy atom. The second-order valence-corrected chi connectivity index (χ2v) is 8.37. The number of aliphatic hydroxyl groups is 4. The summed E-state index contributed by atoms with van der Waals surface area (Å²) < 4.78 is 18.2. The second kappa shape index (κ2) is 9.07. The molecule has 5 atom stereocenters. The van der Waals surface area contributed by atoms with Crippen LogP contribution < -0.4 is 9.47 Å². The Bertz CT molecular complexity index is 1040. The molecule has 0 bridgehead atoms. The van der Waals surface area contributed by atoms with Crippen LogP contribution in [0.15, 0.2) is 58.5 Å². The minimum atomic E-state index is -1.47. The summed E-state index contributed by atoms with van der Waals surface area (Å²) in [7, 11) is 3.16. The third kappa shape index (κ3) is 4.00. The summed E-state index contributed by atoms with van der Waals surface area (Å²) >= 11 is 1.52. The lowest BCUT2D eigenvalue weighted by molar-refractivity contribution is -0.250. The number of rotatable bonds is 6. The topological polar surface area (TPSA) is 114 Å². The molecular weight excluding hydrogens is 422 g/mol. The van der Waals surface area contributed by atoms with Crippen LogP contribution in [0.25, 0.3) is 10.9 Å². The molecule has 8 nitrogen and oxygen atoms in total. The summed E-state index contributed by atoms with van der Waals surface area (Å²) in [4.78, 5) is 1.87. The van der Waals surface area contributed by atoms with E-state index < -0.39 is 37.3 Å². The van der Waals surface area contributed by atoms with E-state index in [-0.39, 0.29) is 0 Å². The van der Waals surface area contributed by atoms with Crippen molar-refractivity contribution in [2.45, 2.75) is 40.4 Å². The van der Waals surface area contributed by atoms with Gasteiger partial charge < -0.3 is 39.2 Å². The molecule has 4 rings (SSSR count). The van der Waals surface area contributed by atoms with Gasteiger partial charge in [-0.15, -0.1) is 0 Å². The van der Waals surface area contributed by atoms with Crippen LogP contribution in [0.3, 0.4) is 0 Å². The number of nitrogens with zero attached hydrogens (tertiary/aromatic N) is 1. The Balaban J connectivity index is 1.79. The molecule has 0 aliphatic carbocycles. The molecule has 3 aromatic rings. The van der Waals surface area contributed by atoms with E-state index >= 15 is 0 Å². The maximum absolute atomic E-state index is 10.7. The maximum Gasteiger partial charge on any atom is 0.163 e. The van der Waals surface area contributed by atoms with Gasteiger partial charge in [0, 0.05) is 21.4 Å². The van der Waals surface area contributed by atoms with Gasteiger partial charge in [-0.25, -0.2) is 0 Å². The monoisotopic (exact) mass is 447 g/mol. The SMILES string of the molecule is COc1ccc(Sc2cn([C@@H]3O[C@H](CO)[C@@H](O)[C@H](O)[C@H]3O)c3c(OC)cccc23)cc1. The van der Waals surface area contributed by atoms with Crippen LogP contribution in [0.5, 0.6) is 11.5 Å². The van der Waals surface area contributed by atoms with Crippen molar-refractivity contribution in [1.29, 1.82) is 0 Å². The Hall–Kier alpha value is -2.27. The lowest BCUT2D eigenvalue weighted by atomic mass is 9.98. The van der Waals surface area contributed by atoms with Crippen molar-refractivity contribution in [1.82, 2.24) is 4.57 Å². The zero-order chi connectivity index (χ0) is 22.1. The van der Waals surface area contributed by atoms with Gasteiger partial charge in [-0.2, -0.15) is 0 Å². The number of ether oxygens (including phenoxy) is 3. The third-order valence-electron chi connectivity index (χ3n) is 5.43. The molecule has 1 aromatic heterocycles. The molecule has 9 heteroatoms. The van der Waals surface area contributed by atoms with Crippen LogP contribution in [0.2, 0.25) is 0 Å². The zero-order valence-corrected chi connectivity index (χ0v) is 17.9. The van der Waals surface area contributed by atoms with Crippen molar-refractivity contribution in [2.24, 2.45) is 0 Å². The molecule has 2 aromatic carbocycles. The lowest BCUT2D eigenvalue weighted by Crippen LogP contribution is -2.56. The Kier molecular flexibility index (Phi) is 6.42. The Labute approximate surface area is 183 Å². The molecule has 0 radical (unpaired) electrons. The van der Waals surface area contributed by atoms with E-state index in [0.29, 0.717) is 11.3 Å². The molecule has 0 unspecified atom stereocenters. The van der Waals surface area contributed by atoms with Crippen molar-refractivity contribution in [3.8, 4) is 11.5 Å². The van der Waals surface area contributed by atoms with Crippen LogP contribution in [0.4, 0.5) is 0 Å². The van der Waals surface area contributed by atoms with Gasteiger partial charge in [-0.05, 0) is 30.3 Å². The Morgan fingerprint density at radius 2 is 1.71 bits per heavy atom. The molecule has 0 amide bonds. The predicted molar refractivity (Wildman–Crippen MR) is 115 cm³/mol. The maximum atomic E-state index is 10.7. The number of para-hydroxylation sites is 1. The molecule has 0 spiro atoms. The van der Waals surface area contributed by atoms with E-state index in [1.54, 1.807) is 24.9 Å². The predicted octanol–water partition coefficient (Wildman–Crippen LogP) is 1.78. The number of fused-ring (bicyclic) bond motifs is 1. The number of aromatic nitrogens is 1. The van der Waals surface area contributed by atoms with Gasteiger partial charge in [-0.3, -0.25) is 0 Å². The number of hydrogen-bond acceptors (Lipinski definition) is 8. The largest absolute Gasteiger partial charge is 0.497 e. The van der Waals surface area contributed by atoms with E-state index in [4.69, 9.17) is 14.2 Å². The molecule has 31 heavy (non-hydrogen) atoms. The minimum Gasteiger partial charge on any atom is -0.497 e. The quantitative estimate of drug-likeness (QED) is 0.452. The second-order valence-electron chi connectivity index (χ2n) is 7.25. The minimum absolute atomic E-state index is 0.495. The molecule has 166 valence electrons. The van der Waals surface area contributed by atoms with Gasteiger partial charge in [0.1, 0.15) is 35.9 Å². The van der Waals surface area contributed by atoms with Crippen LogP contribution in [-0.4, -0.2) is 70.2 Å². The molecule has 0 saturated carbocycles. The summed E-state index contributed by atoms with van der Waals surface area (Å²) in [5, 5.41) is 41.5. The van der Waals surface area contributed by atoms with E-state index in [0.717, 1.165) is 20.9 Å². The molecule has 1 aliphatic rings. The highest BCUT2D eigenvalue weighted by atomic mass is 32.2. The van der Waals surface area contributed by atoms with E-state index in [9.17, 15) is 20.4 Å². The number of benzene rings is 2. The van der Waals surface area contributed by atoms with Gasteiger partial charge in [0.25, 0.3) is 0 Å². The summed E-state index contributed by atoms with van der Waals surface area (Å²) in [6.45, 7) is -0.495. The first-order valence-electron chi connectivity index (χ1n) is 9.78. The first-order chi connectivity index (χ1) is 15.0. The summed E-state index contributed by atoms with van der Waals surface area (Å²) in [6.07, 6.45) is -4.52. The standard InChI is InChI=1S/C22H25NO7S/c1-28-12-6-8-13(9-7-12)31-17-10-23(18-14(17)4-3-5-15(18)29-2)22-21(27)20(26)19(25)16(11-24)30-22/h3-10,16,19-22,24-27H,11H2,1-2H3/t16-,19-,20+,21-,22-/m1/s1. The summed E-state index contributed by atoms with van der Waals surface area (Å²) in [5.41, 5.74) is 0.672. The smallest absolute Gasteiger partial charge is 0.163 e. The molecule has 4 N–H and O–H groups in total. The van der Waals surface area contributed by atoms with Crippen molar-refractivity contribution in [2.75, 3.05) is 20.8 Å². The van der Waals surface area contributed by atoms with E-state index in [2.05, 4.69) is 0 Å². The van der Waals surface area contributed by atoms with Crippen LogP contribution in [-0.2, 0) is 4.74 Å². The fourth-order valence-corrected chi connectivity index (χ4v) is 4.74. The zero-order valence-electron chi connectivity index (χ0n) is 17.1.